The van der Waals surface area contributed by atoms with E-state index >= 15 is 0 Å². The highest BCUT2D eigenvalue weighted by Crippen LogP contribution is 2.35. The molecule has 1 unspecified atom stereocenters. The van der Waals surface area contributed by atoms with Gasteiger partial charge in [0.05, 0.1) is 23.6 Å². The van der Waals surface area contributed by atoms with Gasteiger partial charge in [0.1, 0.15) is 5.60 Å². The molecule has 1 N–H and O–H groups in total. The van der Waals surface area contributed by atoms with Crippen LogP contribution in [0.15, 0.2) is 30.3 Å². The van der Waals surface area contributed by atoms with E-state index < -0.39 is 11.7 Å². The van der Waals surface area contributed by atoms with Crippen LogP contribution in [0, 0.1) is 6.92 Å². The third-order valence-electron chi connectivity index (χ3n) is 8.37. The molecule has 2 amide bonds. The number of nitrogens with one attached hydrogen (secondary N) is 1. The number of morpholine rings is 1. The second-order valence-corrected chi connectivity index (χ2v) is 14.0. The first kappa shape index (κ1) is 30.0. The van der Waals surface area contributed by atoms with Gasteiger partial charge in [0, 0.05) is 37.6 Å². The lowest BCUT2D eigenvalue weighted by Gasteiger charge is -2.37. The highest BCUT2D eigenvalue weighted by atomic mass is 32.1. The molecule has 1 aromatic carbocycles. The first-order valence-corrected chi connectivity index (χ1v) is 15.9. The number of carbonyl (C=O) groups is 2. The summed E-state index contributed by atoms with van der Waals surface area (Å²) >= 11 is 1.56. The lowest BCUT2D eigenvalue weighted by atomic mass is 9.89. The summed E-state index contributed by atoms with van der Waals surface area (Å²) in [5, 5.41) is 2.91. The fourth-order valence-corrected chi connectivity index (χ4v) is 7.30. The van der Waals surface area contributed by atoms with E-state index in [9.17, 15) is 9.59 Å². The lowest BCUT2D eigenvalue weighted by molar-refractivity contribution is -0.0382. The van der Waals surface area contributed by atoms with Crippen LogP contribution >= 0.6 is 11.3 Å². The van der Waals surface area contributed by atoms with E-state index in [1.54, 1.807) is 11.3 Å². The van der Waals surface area contributed by atoms with Gasteiger partial charge in [-0.3, -0.25) is 4.79 Å². The number of nitrogens with zero attached hydrogens (tertiary/aromatic N) is 3. The Labute approximate surface area is 249 Å². The zero-order chi connectivity index (χ0) is 29.1. The number of carbonyl (C=O) groups excluding carboxylic acids is 2. The van der Waals surface area contributed by atoms with Crippen molar-refractivity contribution in [1.82, 2.24) is 20.0 Å². The van der Waals surface area contributed by atoms with Crippen molar-refractivity contribution in [3.8, 4) is 10.4 Å². The average Bonchev–Trinajstić information content (AvgIpc) is 3.54. The zero-order valence-electron chi connectivity index (χ0n) is 25.3. The Balaban J connectivity index is 1.13. The molecule has 0 radical (unpaired) electrons. The molecule has 4 heterocycles. The SMILES string of the molecule is Cc1cc(-c2ccc(C3CCN(CC4CN(C)CCO4)CC3)cc2)sc1C(=O)N1CC[C@H](NC(=O)OC(C)(C)C)C1. The number of piperidine rings is 1. The summed E-state index contributed by atoms with van der Waals surface area (Å²) in [5.41, 5.74) is 3.03. The second-order valence-electron chi connectivity index (χ2n) is 13.0. The summed E-state index contributed by atoms with van der Waals surface area (Å²) in [7, 11) is 2.18. The number of ether oxygens (including phenoxy) is 2. The summed E-state index contributed by atoms with van der Waals surface area (Å²) in [6, 6.07) is 11.0. The molecule has 0 spiro atoms. The Kier molecular flexibility index (Phi) is 9.38. The van der Waals surface area contributed by atoms with Crippen molar-refractivity contribution in [2.45, 2.75) is 70.6 Å². The van der Waals surface area contributed by atoms with Crippen LogP contribution in [-0.4, -0.2) is 104 Å². The van der Waals surface area contributed by atoms with Crippen molar-refractivity contribution in [3.63, 3.8) is 0 Å². The van der Waals surface area contributed by atoms with E-state index in [0.29, 0.717) is 25.1 Å². The number of amides is 2. The van der Waals surface area contributed by atoms with Crippen molar-refractivity contribution in [1.29, 1.82) is 0 Å². The Hall–Kier alpha value is -2.46. The Bertz CT molecular complexity index is 1200. The van der Waals surface area contributed by atoms with Gasteiger partial charge in [-0.15, -0.1) is 11.3 Å². The van der Waals surface area contributed by atoms with Crippen LogP contribution in [0.5, 0.6) is 0 Å². The maximum absolute atomic E-state index is 13.4. The summed E-state index contributed by atoms with van der Waals surface area (Å²) in [4.78, 5) is 34.2. The predicted octanol–water partition coefficient (Wildman–Crippen LogP) is 4.97. The summed E-state index contributed by atoms with van der Waals surface area (Å²) in [6.45, 7) is 14.9. The number of aryl methyl sites for hydroxylation is 1. The number of hydrogen-bond acceptors (Lipinski definition) is 7. The van der Waals surface area contributed by atoms with Gasteiger partial charge in [0.2, 0.25) is 0 Å². The van der Waals surface area contributed by atoms with Crippen LogP contribution in [0.25, 0.3) is 10.4 Å². The number of hydrogen-bond donors (Lipinski definition) is 1. The van der Waals surface area contributed by atoms with E-state index in [4.69, 9.17) is 9.47 Å². The normalized spacial score (nSPS) is 23.1. The van der Waals surface area contributed by atoms with Gasteiger partial charge in [0.15, 0.2) is 0 Å². The maximum Gasteiger partial charge on any atom is 0.407 e. The van der Waals surface area contributed by atoms with Crippen molar-refractivity contribution < 1.29 is 19.1 Å². The van der Waals surface area contributed by atoms with Gasteiger partial charge < -0.3 is 29.5 Å². The molecule has 5 rings (SSSR count). The summed E-state index contributed by atoms with van der Waals surface area (Å²) in [6.07, 6.45) is 2.99. The molecule has 2 aromatic rings. The molecule has 2 atom stereocenters. The summed E-state index contributed by atoms with van der Waals surface area (Å²) < 4.78 is 11.4. The smallest absolute Gasteiger partial charge is 0.407 e. The number of alkyl carbamates (subject to hydrolysis) is 1. The minimum Gasteiger partial charge on any atom is -0.444 e. The van der Waals surface area contributed by atoms with Crippen LogP contribution in [-0.2, 0) is 9.47 Å². The molecule has 9 heteroatoms. The quantitative estimate of drug-likeness (QED) is 0.519. The third-order valence-corrected chi connectivity index (χ3v) is 9.64. The van der Waals surface area contributed by atoms with Crippen LogP contribution in [0.3, 0.4) is 0 Å². The number of rotatable bonds is 6. The first-order valence-electron chi connectivity index (χ1n) is 15.1. The molecule has 3 aliphatic heterocycles. The van der Waals surface area contributed by atoms with E-state index in [0.717, 1.165) is 66.6 Å². The predicted molar refractivity (Wildman–Crippen MR) is 164 cm³/mol. The maximum atomic E-state index is 13.4. The number of likely N-dealkylation sites (N-methyl/N-ethyl adjacent to an activating group) is 1. The fourth-order valence-electron chi connectivity index (χ4n) is 6.15. The molecule has 0 bridgehead atoms. The molecular formula is C32H46N4O4S. The standard InChI is InChI=1S/C32H46N4O4S/c1-22-18-28(41-29(22)30(37)36-15-12-26(19-36)33-31(38)40-32(2,3)4)25-8-6-23(7-9-25)24-10-13-35(14-11-24)21-27-20-34(5)16-17-39-27/h6-9,18,24,26-27H,10-17,19-21H2,1-5H3,(H,33,38)/t26-,27?/m0/s1. The summed E-state index contributed by atoms with van der Waals surface area (Å²) in [5.74, 6) is 0.635. The van der Waals surface area contributed by atoms with Gasteiger partial charge >= 0.3 is 6.09 Å². The van der Waals surface area contributed by atoms with Crippen LogP contribution in [0.4, 0.5) is 4.79 Å². The minimum atomic E-state index is -0.541. The van der Waals surface area contributed by atoms with E-state index in [1.807, 2.05) is 32.6 Å². The largest absolute Gasteiger partial charge is 0.444 e. The number of thiophene rings is 1. The monoisotopic (exact) mass is 582 g/mol. The molecule has 1 aromatic heterocycles. The van der Waals surface area contributed by atoms with Crippen molar-refractivity contribution in [2.24, 2.45) is 0 Å². The third kappa shape index (κ3) is 7.89. The Morgan fingerprint density at radius 3 is 2.46 bits per heavy atom. The molecule has 3 saturated heterocycles. The minimum absolute atomic E-state index is 0.0425. The average molecular weight is 583 g/mol. The highest BCUT2D eigenvalue weighted by molar-refractivity contribution is 7.17. The van der Waals surface area contributed by atoms with Crippen LogP contribution in [0.2, 0.25) is 0 Å². The highest BCUT2D eigenvalue weighted by Gasteiger charge is 2.31. The topological polar surface area (TPSA) is 74.4 Å². The van der Waals surface area contributed by atoms with Gasteiger partial charge in [-0.25, -0.2) is 4.79 Å². The van der Waals surface area contributed by atoms with E-state index in [1.165, 1.54) is 18.4 Å². The van der Waals surface area contributed by atoms with Gasteiger partial charge in [-0.05, 0) is 95.8 Å². The van der Waals surface area contributed by atoms with E-state index in [-0.39, 0.29) is 11.9 Å². The van der Waals surface area contributed by atoms with Crippen molar-refractivity contribution in [3.05, 3.63) is 46.3 Å². The zero-order valence-corrected chi connectivity index (χ0v) is 26.1. The molecular weight excluding hydrogens is 536 g/mol. The van der Waals surface area contributed by atoms with Gasteiger partial charge in [-0.1, -0.05) is 24.3 Å². The van der Waals surface area contributed by atoms with Crippen molar-refractivity contribution >= 4 is 23.3 Å². The van der Waals surface area contributed by atoms with Gasteiger partial charge in [0.25, 0.3) is 5.91 Å². The first-order chi connectivity index (χ1) is 19.5. The number of likely N-dealkylation sites (tertiary alicyclic amines) is 2. The van der Waals surface area contributed by atoms with Crippen LogP contribution in [0.1, 0.15) is 66.8 Å². The van der Waals surface area contributed by atoms with Crippen molar-refractivity contribution in [2.75, 3.05) is 59.5 Å². The number of benzene rings is 1. The van der Waals surface area contributed by atoms with Gasteiger partial charge in [-0.2, -0.15) is 0 Å². The molecule has 0 saturated carbocycles. The van der Waals surface area contributed by atoms with E-state index in [2.05, 4.69) is 52.5 Å². The fraction of sp³-hybridized carbons (Fsp3) is 0.625. The molecule has 0 aliphatic carbocycles. The molecule has 224 valence electrons. The lowest BCUT2D eigenvalue weighted by Crippen LogP contribution is -2.47. The molecule has 3 aliphatic rings. The molecule has 8 nitrogen and oxygen atoms in total. The Morgan fingerprint density at radius 1 is 1.05 bits per heavy atom. The van der Waals surface area contributed by atoms with Crippen LogP contribution < -0.4 is 5.32 Å². The second kappa shape index (κ2) is 12.8. The molecule has 3 fully saturated rings. The Morgan fingerprint density at radius 2 is 1.78 bits per heavy atom. The molecule has 41 heavy (non-hydrogen) atoms.